The van der Waals surface area contributed by atoms with Gasteiger partial charge in [-0.05, 0) is 43.3 Å². The number of benzene rings is 2. The SMILES string of the molecule is Cc1c(Nc2ccc(C(F)(F)F)cc2)ncnc1-c1ccc2cccnc2c1. The fourth-order valence-corrected chi connectivity index (χ4v) is 2.96. The lowest BCUT2D eigenvalue weighted by Crippen LogP contribution is -2.05. The zero-order valence-electron chi connectivity index (χ0n) is 14.8. The van der Waals surface area contributed by atoms with Crippen LogP contribution < -0.4 is 5.32 Å². The van der Waals surface area contributed by atoms with Crippen molar-refractivity contribution < 1.29 is 13.2 Å². The molecule has 0 spiro atoms. The Kier molecular flexibility index (Phi) is 4.43. The van der Waals surface area contributed by atoms with E-state index >= 15 is 0 Å². The molecule has 0 unspecified atom stereocenters. The van der Waals surface area contributed by atoms with Crippen molar-refractivity contribution in [2.45, 2.75) is 13.1 Å². The van der Waals surface area contributed by atoms with Crippen LogP contribution in [-0.2, 0) is 6.18 Å². The Morgan fingerprint density at radius 1 is 0.893 bits per heavy atom. The van der Waals surface area contributed by atoms with E-state index in [4.69, 9.17) is 0 Å². The first-order valence-corrected chi connectivity index (χ1v) is 8.53. The minimum atomic E-state index is -4.36. The van der Waals surface area contributed by atoms with E-state index in [9.17, 15) is 13.2 Å². The normalized spacial score (nSPS) is 11.6. The second kappa shape index (κ2) is 6.92. The van der Waals surface area contributed by atoms with E-state index in [1.165, 1.54) is 18.5 Å². The number of hydrogen-bond acceptors (Lipinski definition) is 4. The fourth-order valence-electron chi connectivity index (χ4n) is 2.96. The van der Waals surface area contributed by atoms with Crippen LogP contribution in [0, 0.1) is 6.92 Å². The predicted molar refractivity (Wildman–Crippen MR) is 102 cm³/mol. The third kappa shape index (κ3) is 3.51. The molecule has 28 heavy (non-hydrogen) atoms. The molecular formula is C21H15F3N4. The first-order valence-electron chi connectivity index (χ1n) is 8.53. The molecule has 0 atom stereocenters. The molecule has 0 aliphatic rings. The molecule has 7 heteroatoms. The second-order valence-corrected chi connectivity index (χ2v) is 6.31. The van der Waals surface area contributed by atoms with Crippen LogP contribution >= 0.6 is 0 Å². The van der Waals surface area contributed by atoms with Crippen LogP contribution in [0.4, 0.5) is 24.7 Å². The summed E-state index contributed by atoms with van der Waals surface area (Å²) in [4.78, 5) is 13.0. The van der Waals surface area contributed by atoms with Gasteiger partial charge >= 0.3 is 6.18 Å². The zero-order valence-corrected chi connectivity index (χ0v) is 14.8. The van der Waals surface area contributed by atoms with Crippen molar-refractivity contribution in [1.29, 1.82) is 0 Å². The van der Waals surface area contributed by atoms with Crippen LogP contribution in [0.25, 0.3) is 22.2 Å². The number of alkyl halides is 3. The third-order valence-electron chi connectivity index (χ3n) is 4.44. The van der Waals surface area contributed by atoms with Crippen LogP contribution in [0.15, 0.2) is 67.1 Å². The van der Waals surface area contributed by atoms with Gasteiger partial charge < -0.3 is 5.32 Å². The van der Waals surface area contributed by atoms with Crippen molar-refractivity contribution in [1.82, 2.24) is 15.0 Å². The van der Waals surface area contributed by atoms with Gasteiger partial charge in [-0.1, -0.05) is 18.2 Å². The van der Waals surface area contributed by atoms with Crippen LogP contribution in [0.1, 0.15) is 11.1 Å². The Balaban J connectivity index is 1.66. The molecule has 0 fully saturated rings. The number of nitrogens with one attached hydrogen (secondary N) is 1. The maximum absolute atomic E-state index is 12.7. The number of nitrogens with zero attached hydrogens (tertiary/aromatic N) is 3. The summed E-state index contributed by atoms with van der Waals surface area (Å²) >= 11 is 0. The van der Waals surface area contributed by atoms with Crippen LogP contribution in [0.3, 0.4) is 0 Å². The Bertz CT molecular complexity index is 1140. The van der Waals surface area contributed by atoms with E-state index < -0.39 is 11.7 Å². The third-order valence-corrected chi connectivity index (χ3v) is 4.44. The van der Waals surface area contributed by atoms with Gasteiger partial charge in [0, 0.05) is 28.4 Å². The molecule has 0 amide bonds. The lowest BCUT2D eigenvalue weighted by atomic mass is 10.0. The Morgan fingerprint density at radius 2 is 1.68 bits per heavy atom. The number of pyridine rings is 1. The number of fused-ring (bicyclic) bond motifs is 1. The summed E-state index contributed by atoms with van der Waals surface area (Å²) in [7, 11) is 0. The van der Waals surface area contributed by atoms with E-state index in [2.05, 4.69) is 20.3 Å². The first-order chi connectivity index (χ1) is 13.4. The molecule has 0 aliphatic carbocycles. The number of halogens is 3. The van der Waals surface area contributed by atoms with Crippen LogP contribution in [-0.4, -0.2) is 15.0 Å². The highest BCUT2D eigenvalue weighted by atomic mass is 19.4. The highest BCUT2D eigenvalue weighted by Gasteiger charge is 2.29. The molecule has 4 rings (SSSR count). The molecule has 2 aromatic heterocycles. The van der Waals surface area contributed by atoms with Gasteiger partial charge in [0.25, 0.3) is 0 Å². The predicted octanol–water partition coefficient (Wildman–Crippen LogP) is 5.76. The standard InChI is InChI=1S/C21H15F3N4/c1-13-19(15-5-4-14-3-2-10-25-18(14)11-15)26-12-27-20(13)28-17-8-6-16(7-9-17)21(22,23)24/h2-12H,1H3,(H,26,27,28). The summed E-state index contributed by atoms with van der Waals surface area (Å²) in [6, 6.07) is 14.6. The molecule has 140 valence electrons. The monoisotopic (exact) mass is 380 g/mol. The molecule has 2 heterocycles. The lowest BCUT2D eigenvalue weighted by molar-refractivity contribution is -0.137. The lowest BCUT2D eigenvalue weighted by Gasteiger charge is -2.13. The van der Waals surface area contributed by atoms with Crippen molar-refractivity contribution in [3.8, 4) is 11.3 Å². The zero-order chi connectivity index (χ0) is 19.7. The van der Waals surface area contributed by atoms with E-state index in [-0.39, 0.29) is 0 Å². The molecule has 1 N–H and O–H groups in total. The molecule has 0 bridgehead atoms. The highest BCUT2D eigenvalue weighted by molar-refractivity contribution is 5.84. The minimum Gasteiger partial charge on any atom is -0.340 e. The largest absolute Gasteiger partial charge is 0.416 e. The van der Waals surface area contributed by atoms with Crippen LogP contribution in [0.5, 0.6) is 0 Å². The second-order valence-electron chi connectivity index (χ2n) is 6.31. The summed E-state index contributed by atoms with van der Waals surface area (Å²) in [6.45, 7) is 1.87. The van der Waals surface area contributed by atoms with E-state index in [0.717, 1.165) is 39.9 Å². The average Bonchev–Trinajstić information content (AvgIpc) is 2.69. The van der Waals surface area contributed by atoms with Gasteiger partial charge in [0.05, 0.1) is 16.8 Å². The number of hydrogen-bond donors (Lipinski definition) is 1. The number of anilines is 2. The van der Waals surface area contributed by atoms with E-state index in [1.807, 2.05) is 37.3 Å². The maximum Gasteiger partial charge on any atom is 0.416 e. The number of aromatic nitrogens is 3. The molecule has 0 saturated carbocycles. The average molecular weight is 380 g/mol. The summed E-state index contributed by atoms with van der Waals surface area (Å²) in [5.74, 6) is 0.533. The van der Waals surface area contributed by atoms with Gasteiger partial charge in [-0.3, -0.25) is 4.98 Å². The Labute approximate surface area is 159 Å². The Hall–Kier alpha value is -3.48. The highest BCUT2D eigenvalue weighted by Crippen LogP contribution is 2.32. The first kappa shape index (κ1) is 17.9. The van der Waals surface area contributed by atoms with Gasteiger partial charge in [0.15, 0.2) is 0 Å². The van der Waals surface area contributed by atoms with E-state index in [1.54, 1.807) is 6.20 Å². The smallest absolute Gasteiger partial charge is 0.340 e. The maximum atomic E-state index is 12.7. The van der Waals surface area contributed by atoms with E-state index in [0.29, 0.717) is 11.5 Å². The minimum absolute atomic E-state index is 0.515. The summed E-state index contributed by atoms with van der Waals surface area (Å²) in [5.41, 5.74) is 3.09. The van der Waals surface area contributed by atoms with Gasteiger partial charge in [-0.15, -0.1) is 0 Å². The van der Waals surface area contributed by atoms with Crippen molar-refractivity contribution in [3.05, 3.63) is 78.2 Å². The summed E-state index contributed by atoms with van der Waals surface area (Å²) in [5, 5.41) is 4.09. The molecule has 0 radical (unpaired) electrons. The van der Waals surface area contributed by atoms with Crippen LogP contribution in [0.2, 0.25) is 0 Å². The topological polar surface area (TPSA) is 50.7 Å². The molecule has 2 aromatic carbocycles. The van der Waals surface area contributed by atoms with Crippen molar-refractivity contribution >= 4 is 22.4 Å². The number of rotatable bonds is 3. The molecule has 4 nitrogen and oxygen atoms in total. The summed E-state index contributed by atoms with van der Waals surface area (Å²) in [6.07, 6.45) is -1.20. The van der Waals surface area contributed by atoms with Gasteiger partial charge in [-0.25, -0.2) is 9.97 Å². The molecular weight excluding hydrogens is 365 g/mol. The molecule has 0 aliphatic heterocycles. The van der Waals surface area contributed by atoms with Crippen molar-refractivity contribution in [2.24, 2.45) is 0 Å². The van der Waals surface area contributed by atoms with Gasteiger partial charge in [-0.2, -0.15) is 13.2 Å². The molecule has 4 aromatic rings. The summed E-state index contributed by atoms with van der Waals surface area (Å²) < 4.78 is 38.1. The molecule has 0 saturated heterocycles. The Morgan fingerprint density at radius 3 is 2.43 bits per heavy atom. The quantitative estimate of drug-likeness (QED) is 0.491. The van der Waals surface area contributed by atoms with Gasteiger partial charge in [0.2, 0.25) is 0 Å². The van der Waals surface area contributed by atoms with Gasteiger partial charge in [0.1, 0.15) is 12.1 Å². The van der Waals surface area contributed by atoms with Crippen molar-refractivity contribution in [2.75, 3.05) is 5.32 Å². The fraction of sp³-hybridized carbons (Fsp3) is 0.0952. The van der Waals surface area contributed by atoms with Crippen molar-refractivity contribution in [3.63, 3.8) is 0 Å².